The maximum Gasteiger partial charge on any atom is 0.222 e. The highest BCUT2D eigenvalue weighted by atomic mass is 16.5. The largest absolute Gasteiger partial charge is 0.379 e. The van der Waals surface area contributed by atoms with E-state index in [0.717, 1.165) is 57.8 Å². The van der Waals surface area contributed by atoms with Crippen LogP contribution in [-0.4, -0.2) is 70.9 Å². The van der Waals surface area contributed by atoms with Crippen molar-refractivity contribution in [3.05, 3.63) is 18.0 Å². The minimum atomic E-state index is 0.281. The van der Waals surface area contributed by atoms with Crippen LogP contribution in [0.2, 0.25) is 0 Å². The Morgan fingerprint density at radius 2 is 2.13 bits per heavy atom. The molecule has 2 fully saturated rings. The van der Waals surface area contributed by atoms with Crippen molar-refractivity contribution < 1.29 is 9.53 Å². The molecule has 23 heavy (non-hydrogen) atoms. The summed E-state index contributed by atoms with van der Waals surface area (Å²) >= 11 is 0. The molecule has 0 N–H and O–H groups in total. The minimum Gasteiger partial charge on any atom is -0.379 e. The van der Waals surface area contributed by atoms with Crippen molar-refractivity contribution in [2.45, 2.75) is 32.2 Å². The number of morpholine rings is 1. The van der Waals surface area contributed by atoms with Crippen molar-refractivity contribution in [2.24, 2.45) is 13.0 Å². The Morgan fingerprint density at radius 1 is 1.35 bits per heavy atom. The van der Waals surface area contributed by atoms with Gasteiger partial charge in [0.2, 0.25) is 5.91 Å². The number of hydrogen-bond acceptors (Lipinski definition) is 4. The van der Waals surface area contributed by atoms with Gasteiger partial charge in [-0.15, -0.1) is 0 Å². The minimum absolute atomic E-state index is 0.281. The summed E-state index contributed by atoms with van der Waals surface area (Å²) in [6.07, 6.45) is 6.33. The lowest BCUT2D eigenvalue weighted by atomic mass is 9.99. The Labute approximate surface area is 138 Å². The maximum atomic E-state index is 12.6. The molecule has 0 spiro atoms. The van der Waals surface area contributed by atoms with E-state index in [9.17, 15) is 4.79 Å². The molecule has 0 bridgehead atoms. The van der Waals surface area contributed by atoms with Crippen molar-refractivity contribution >= 4 is 5.91 Å². The molecule has 128 valence electrons. The molecule has 6 nitrogen and oxygen atoms in total. The van der Waals surface area contributed by atoms with Crippen LogP contribution in [0.1, 0.15) is 25.3 Å². The quantitative estimate of drug-likeness (QED) is 0.810. The highest BCUT2D eigenvalue weighted by Crippen LogP contribution is 2.26. The lowest BCUT2D eigenvalue weighted by Crippen LogP contribution is -2.47. The first-order valence-corrected chi connectivity index (χ1v) is 8.74. The van der Waals surface area contributed by atoms with E-state index in [1.54, 1.807) is 4.68 Å². The molecule has 2 aliphatic rings. The predicted octanol–water partition coefficient (Wildman–Crippen LogP) is 0.922. The molecule has 2 atom stereocenters. The van der Waals surface area contributed by atoms with E-state index >= 15 is 0 Å². The number of ether oxygens (including phenoxy) is 1. The molecule has 6 heteroatoms. The van der Waals surface area contributed by atoms with Crippen LogP contribution in [-0.2, 0) is 23.0 Å². The topological polar surface area (TPSA) is 50.6 Å². The van der Waals surface area contributed by atoms with Crippen LogP contribution in [0.4, 0.5) is 0 Å². The van der Waals surface area contributed by atoms with Gasteiger partial charge in [0.05, 0.1) is 19.4 Å². The second-order valence-corrected chi connectivity index (χ2v) is 6.70. The number of nitrogens with zero attached hydrogens (tertiary/aromatic N) is 4. The standard InChI is InChI=1S/C17H28N4O2/c1-3-15-12-21(13-16(15)20-6-8-23-9-7-20)17(22)5-4-14-10-18-19(2)11-14/h10-11,15-16H,3-9,12-13H2,1-2H3. The van der Waals surface area contributed by atoms with Gasteiger partial charge in [0.1, 0.15) is 0 Å². The normalized spacial score (nSPS) is 25.9. The molecule has 2 saturated heterocycles. The van der Waals surface area contributed by atoms with Crippen molar-refractivity contribution in [2.75, 3.05) is 39.4 Å². The summed E-state index contributed by atoms with van der Waals surface area (Å²) in [5.41, 5.74) is 1.14. The summed E-state index contributed by atoms with van der Waals surface area (Å²) in [7, 11) is 1.91. The third-order valence-corrected chi connectivity index (χ3v) is 5.18. The molecule has 0 aromatic carbocycles. The molecule has 2 aliphatic heterocycles. The molecular weight excluding hydrogens is 292 g/mol. The SMILES string of the molecule is CCC1CN(C(=O)CCc2cnn(C)c2)CC1N1CCOCC1. The van der Waals surface area contributed by atoms with E-state index in [4.69, 9.17) is 4.74 Å². The lowest BCUT2D eigenvalue weighted by Gasteiger charge is -2.34. The highest BCUT2D eigenvalue weighted by molar-refractivity contribution is 5.76. The Morgan fingerprint density at radius 3 is 2.78 bits per heavy atom. The van der Waals surface area contributed by atoms with Crippen molar-refractivity contribution in [3.63, 3.8) is 0 Å². The van der Waals surface area contributed by atoms with Gasteiger partial charge < -0.3 is 9.64 Å². The third kappa shape index (κ3) is 3.93. The van der Waals surface area contributed by atoms with E-state index in [1.165, 1.54) is 0 Å². The zero-order valence-electron chi connectivity index (χ0n) is 14.3. The average molecular weight is 320 g/mol. The second-order valence-electron chi connectivity index (χ2n) is 6.70. The number of carbonyl (C=O) groups excluding carboxylic acids is 1. The van der Waals surface area contributed by atoms with Crippen molar-refractivity contribution in [3.8, 4) is 0 Å². The van der Waals surface area contributed by atoms with Crippen LogP contribution in [0.5, 0.6) is 0 Å². The molecule has 3 rings (SSSR count). The van der Waals surface area contributed by atoms with E-state index in [1.807, 2.05) is 19.4 Å². The zero-order chi connectivity index (χ0) is 16.2. The summed E-state index contributed by atoms with van der Waals surface area (Å²) in [4.78, 5) is 17.2. The summed E-state index contributed by atoms with van der Waals surface area (Å²) in [5, 5.41) is 4.16. The highest BCUT2D eigenvalue weighted by Gasteiger charge is 2.37. The molecular formula is C17H28N4O2. The van der Waals surface area contributed by atoms with Crippen LogP contribution >= 0.6 is 0 Å². The van der Waals surface area contributed by atoms with Crippen molar-refractivity contribution in [1.29, 1.82) is 0 Å². The van der Waals surface area contributed by atoms with E-state index in [2.05, 4.69) is 21.8 Å². The third-order valence-electron chi connectivity index (χ3n) is 5.18. The molecule has 1 aromatic rings. The summed E-state index contributed by atoms with van der Waals surface area (Å²) in [6.45, 7) is 7.66. The number of aromatic nitrogens is 2. The van der Waals surface area contributed by atoms with E-state index < -0.39 is 0 Å². The predicted molar refractivity (Wildman–Crippen MR) is 88.1 cm³/mol. The molecule has 0 saturated carbocycles. The smallest absolute Gasteiger partial charge is 0.222 e. The van der Waals surface area contributed by atoms with Gasteiger partial charge in [0.25, 0.3) is 0 Å². The number of aryl methyl sites for hydroxylation is 2. The molecule has 0 radical (unpaired) electrons. The van der Waals surface area contributed by atoms with Gasteiger partial charge in [-0.3, -0.25) is 14.4 Å². The van der Waals surface area contributed by atoms with Crippen LogP contribution in [0, 0.1) is 5.92 Å². The van der Waals surface area contributed by atoms with E-state index in [-0.39, 0.29) is 5.91 Å². The van der Waals surface area contributed by atoms with Gasteiger partial charge in [-0.05, 0) is 17.9 Å². The molecule has 1 aromatic heterocycles. The molecule has 0 aliphatic carbocycles. The first-order valence-electron chi connectivity index (χ1n) is 8.74. The Bertz CT molecular complexity index is 524. The fourth-order valence-corrected chi connectivity index (χ4v) is 3.79. The summed E-state index contributed by atoms with van der Waals surface area (Å²) in [5.74, 6) is 0.874. The van der Waals surface area contributed by atoms with Crippen LogP contribution in [0.3, 0.4) is 0 Å². The van der Waals surface area contributed by atoms with Crippen molar-refractivity contribution in [1.82, 2.24) is 19.6 Å². The first-order chi connectivity index (χ1) is 11.2. The molecule has 2 unspecified atom stereocenters. The average Bonchev–Trinajstić information content (AvgIpc) is 3.19. The second kappa shape index (κ2) is 7.45. The van der Waals surface area contributed by atoms with Gasteiger partial charge in [0, 0.05) is 51.9 Å². The Balaban J connectivity index is 1.54. The van der Waals surface area contributed by atoms with Crippen LogP contribution < -0.4 is 0 Å². The number of carbonyl (C=O) groups is 1. The fraction of sp³-hybridized carbons (Fsp3) is 0.765. The van der Waals surface area contributed by atoms with Crippen LogP contribution in [0.25, 0.3) is 0 Å². The molecule has 3 heterocycles. The number of hydrogen-bond donors (Lipinski definition) is 0. The van der Waals surface area contributed by atoms with Gasteiger partial charge in [-0.25, -0.2) is 0 Å². The number of likely N-dealkylation sites (tertiary alicyclic amines) is 1. The van der Waals surface area contributed by atoms with Gasteiger partial charge in [0.15, 0.2) is 0 Å². The summed E-state index contributed by atoms with van der Waals surface area (Å²) in [6, 6.07) is 0.506. The zero-order valence-corrected chi connectivity index (χ0v) is 14.3. The maximum absolute atomic E-state index is 12.6. The fourth-order valence-electron chi connectivity index (χ4n) is 3.79. The monoisotopic (exact) mass is 320 g/mol. The van der Waals surface area contributed by atoms with Gasteiger partial charge >= 0.3 is 0 Å². The van der Waals surface area contributed by atoms with Crippen LogP contribution in [0.15, 0.2) is 12.4 Å². The summed E-state index contributed by atoms with van der Waals surface area (Å²) < 4.78 is 7.25. The number of amides is 1. The number of rotatable bonds is 5. The Kier molecular flexibility index (Phi) is 5.33. The Hall–Kier alpha value is -1.40. The van der Waals surface area contributed by atoms with E-state index in [0.29, 0.717) is 18.4 Å². The van der Waals surface area contributed by atoms with Gasteiger partial charge in [-0.2, -0.15) is 5.10 Å². The lowest BCUT2D eigenvalue weighted by molar-refractivity contribution is -0.130. The van der Waals surface area contributed by atoms with Gasteiger partial charge in [-0.1, -0.05) is 13.3 Å². The molecule has 1 amide bonds. The first kappa shape index (κ1) is 16.5.